The fourth-order valence-electron chi connectivity index (χ4n) is 2.40. The molecule has 1 N–H and O–H groups in total. The number of anilines is 1. The summed E-state index contributed by atoms with van der Waals surface area (Å²) in [6, 6.07) is 5.05. The number of halogens is 2. The Labute approximate surface area is 112 Å². The van der Waals surface area contributed by atoms with Gasteiger partial charge in [-0.3, -0.25) is 0 Å². The zero-order valence-electron chi connectivity index (χ0n) is 11.0. The van der Waals surface area contributed by atoms with Crippen LogP contribution in [0.1, 0.15) is 27.2 Å². The first-order valence-corrected chi connectivity index (χ1v) is 6.66. The lowest BCUT2D eigenvalue weighted by Gasteiger charge is -2.52. The van der Waals surface area contributed by atoms with Gasteiger partial charge in [-0.2, -0.15) is 0 Å². The van der Waals surface area contributed by atoms with E-state index in [4.69, 9.17) is 16.3 Å². The van der Waals surface area contributed by atoms with Gasteiger partial charge in [0.1, 0.15) is 5.82 Å². The van der Waals surface area contributed by atoms with Crippen LogP contribution in [0.4, 0.5) is 10.1 Å². The first kappa shape index (κ1) is 13.6. The van der Waals surface area contributed by atoms with Crippen LogP contribution in [0.25, 0.3) is 0 Å². The molecule has 2 rings (SSSR count). The summed E-state index contributed by atoms with van der Waals surface area (Å²) >= 11 is 5.77. The SMILES string of the molecule is CCOC1CC(Nc2ccc(F)c(Cl)c2)C1(C)C. The second-order valence-electron chi connectivity index (χ2n) is 5.33. The van der Waals surface area contributed by atoms with Crippen molar-refractivity contribution in [3.05, 3.63) is 29.0 Å². The van der Waals surface area contributed by atoms with Crippen LogP contribution in [-0.2, 0) is 4.74 Å². The zero-order chi connectivity index (χ0) is 13.3. The fraction of sp³-hybridized carbons (Fsp3) is 0.571. The molecule has 0 radical (unpaired) electrons. The van der Waals surface area contributed by atoms with Gasteiger partial charge >= 0.3 is 0 Å². The van der Waals surface area contributed by atoms with Gasteiger partial charge in [0.25, 0.3) is 0 Å². The molecule has 0 aliphatic heterocycles. The lowest BCUT2D eigenvalue weighted by Crippen LogP contribution is -2.58. The van der Waals surface area contributed by atoms with Crippen molar-refractivity contribution in [2.45, 2.75) is 39.3 Å². The molecule has 0 spiro atoms. The molecule has 1 aliphatic carbocycles. The van der Waals surface area contributed by atoms with Gasteiger partial charge in [0.2, 0.25) is 0 Å². The van der Waals surface area contributed by atoms with E-state index < -0.39 is 0 Å². The molecule has 2 unspecified atom stereocenters. The molecule has 2 nitrogen and oxygen atoms in total. The van der Waals surface area contributed by atoms with Crippen molar-refractivity contribution in [1.82, 2.24) is 0 Å². The second kappa shape index (κ2) is 5.06. The minimum absolute atomic E-state index is 0.0802. The number of ether oxygens (including phenoxy) is 1. The molecule has 1 saturated carbocycles. The van der Waals surface area contributed by atoms with E-state index in [1.165, 1.54) is 6.07 Å². The third kappa shape index (κ3) is 2.47. The van der Waals surface area contributed by atoms with Gasteiger partial charge in [-0.15, -0.1) is 0 Å². The smallest absolute Gasteiger partial charge is 0.141 e. The van der Waals surface area contributed by atoms with Gasteiger partial charge in [0, 0.05) is 23.8 Å². The van der Waals surface area contributed by atoms with Gasteiger partial charge < -0.3 is 10.1 Å². The Bertz CT molecular complexity index is 436. The Balaban J connectivity index is 2.01. The molecular formula is C14H19ClFNO. The standard InChI is InChI=1S/C14H19ClFNO/c1-4-18-13-8-12(14(13,2)3)17-9-5-6-11(16)10(15)7-9/h5-7,12-13,17H,4,8H2,1-3H3. The summed E-state index contributed by atoms with van der Waals surface area (Å²) in [5.41, 5.74) is 0.936. The van der Waals surface area contributed by atoms with Crippen molar-refractivity contribution in [2.75, 3.05) is 11.9 Å². The van der Waals surface area contributed by atoms with Crippen molar-refractivity contribution < 1.29 is 9.13 Å². The van der Waals surface area contributed by atoms with E-state index in [2.05, 4.69) is 19.2 Å². The molecule has 18 heavy (non-hydrogen) atoms. The maximum atomic E-state index is 13.1. The fourth-order valence-corrected chi connectivity index (χ4v) is 2.58. The summed E-state index contributed by atoms with van der Waals surface area (Å²) < 4.78 is 18.7. The topological polar surface area (TPSA) is 21.3 Å². The molecule has 1 aromatic rings. The Morgan fingerprint density at radius 3 is 2.78 bits per heavy atom. The van der Waals surface area contributed by atoms with Crippen LogP contribution in [0, 0.1) is 11.2 Å². The maximum Gasteiger partial charge on any atom is 0.141 e. The summed E-state index contributed by atoms with van der Waals surface area (Å²) in [5, 5.41) is 3.55. The molecule has 4 heteroatoms. The van der Waals surface area contributed by atoms with Crippen LogP contribution in [-0.4, -0.2) is 18.8 Å². The summed E-state index contributed by atoms with van der Waals surface area (Å²) in [6.45, 7) is 7.11. The highest BCUT2D eigenvalue weighted by molar-refractivity contribution is 6.31. The summed E-state index contributed by atoms with van der Waals surface area (Å²) in [4.78, 5) is 0. The van der Waals surface area contributed by atoms with E-state index in [-0.39, 0.29) is 22.4 Å². The van der Waals surface area contributed by atoms with Crippen LogP contribution in [0.2, 0.25) is 5.02 Å². The molecule has 0 aromatic heterocycles. The van der Waals surface area contributed by atoms with E-state index in [1.54, 1.807) is 12.1 Å². The van der Waals surface area contributed by atoms with Gasteiger partial charge in [-0.1, -0.05) is 25.4 Å². The monoisotopic (exact) mass is 271 g/mol. The Hall–Kier alpha value is -0.800. The van der Waals surface area contributed by atoms with Crippen LogP contribution in [0.3, 0.4) is 0 Å². The lowest BCUT2D eigenvalue weighted by molar-refractivity contribution is -0.0975. The van der Waals surface area contributed by atoms with Crippen molar-refractivity contribution in [2.24, 2.45) is 5.41 Å². The van der Waals surface area contributed by atoms with E-state index in [0.29, 0.717) is 6.04 Å². The third-order valence-electron chi connectivity index (χ3n) is 3.81. The van der Waals surface area contributed by atoms with Gasteiger partial charge in [0.15, 0.2) is 0 Å². The molecule has 0 amide bonds. The predicted octanol–water partition coefficient (Wildman–Crippen LogP) is 4.09. The van der Waals surface area contributed by atoms with E-state index in [9.17, 15) is 4.39 Å². The average molecular weight is 272 g/mol. The molecular weight excluding hydrogens is 253 g/mol. The quantitative estimate of drug-likeness (QED) is 0.890. The van der Waals surface area contributed by atoms with Gasteiger partial charge in [-0.25, -0.2) is 4.39 Å². The highest BCUT2D eigenvalue weighted by atomic mass is 35.5. The first-order valence-electron chi connectivity index (χ1n) is 6.28. The first-order chi connectivity index (χ1) is 8.45. The van der Waals surface area contributed by atoms with Crippen LogP contribution in [0.15, 0.2) is 18.2 Å². The zero-order valence-corrected chi connectivity index (χ0v) is 11.7. The number of hydrogen-bond acceptors (Lipinski definition) is 2. The molecule has 1 aliphatic rings. The van der Waals surface area contributed by atoms with Crippen molar-refractivity contribution >= 4 is 17.3 Å². The summed E-state index contributed by atoms with van der Waals surface area (Å²) in [7, 11) is 0. The Kier molecular flexibility index (Phi) is 3.83. The average Bonchev–Trinajstić information content (AvgIpc) is 2.32. The largest absolute Gasteiger partial charge is 0.382 e. The summed E-state index contributed by atoms with van der Waals surface area (Å²) in [5.74, 6) is -0.387. The molecule has 0 saturated heterocycles. The molecule has 0 bridgehead atoms. The van der Waals surface area contributed by atoms with Crippen molar-refractivity contribution in [1.29, 1.82) is 0 Å². The van der Waals surface area contributed by atoms with E-state index >= 15 is 0 Å². The molecule has 2 atom stereocenters. The van der Waals surface area contributed by atoms with Gasteiger partial charge in [0.05, 0.1) is 11.1 Å². The van der Waals surface area contributed by atoms with Crippen LogP contribution in [0.5, 0.6) is 0 Å². The van der Waals surface area contributed by atoms with Crippen molar-refractivity contribution in [3.8, 4) is 0 Å². The normalized spacial score (nSPS) is 25.6. The predicted molar refractivity (Wildman–Crippen MR) is 72.6 cm³/mol. The Morgan fingerprint density at radius 1 is 1.50 bits per heavy atom. The number of rotatable bonds is 4. The van der Waals surface area contributed by atoms with E-state index in [0.717, 1.165) is 18.7 Å². The minimum Gasteiger partial charge on any atom is -0.382 e. The number of nitrogens with one attached hydrogen (secondary N) is 1. The van der Waals surface area contributed by atoms with Crippen molar-refractivity contribution in [3.63, 3.8) is 0 Å². The molecule has 100 valence electrons. The van der Waals surface area contributed by atoms with Crippen LogP contribution < -0.4 is 5.32 Å². The Morgan fingerprint density at radius 2 is 2.22 bits per heavy atom. The lowest BCUT2D eigenvalue weighted by atomic mass is 9.64. The van der Waals surface area contributed by atoms with E-state index in [1.807, 2.05) is 6.92 Å². The minimum atomic E-state index is -0.387. The molecule has 1 aromatic carbocycles. The molecule has 1 fully saturated rings. The maximum absolute atomic E-state index is 13.1. The number of benzene rings is 1. The number of hydrogen-bond donors (Lipinski definition) is 1. The van der Waals surface area contributed by atoms with Gasteiger partial charge in [-0.05, 0) is 31.5 Å². The summed E-state index contributed by atoms with van der Waals surface area (Å²) in [6.07, 6.45) is 1.26. The highest BCUT2D eigenvalue weighted by Gasteiger charge is 2.48. The second-order valence-corrected chi connectivity index (χ2v) is 5.73. The molecule has 0 heterocycles. The van der Waals surface area contributed by atoms with Crippen LogP contribution >= 0.6 is 11.6 Å². The highest BCUT2D eigenvalue weighted by Crippen LogP contribution is 2.44. The third-order valence-corrected chi connectivity index (χ3v) is 4.10.